The Kier molecular flexibility index (Phi) is 6.52. The van der Waals surface area contributed by atoms with Crippen LogP contribution in [0.2, 0.25) is 0 Å². The van der Waals surface area contributed by atoms with E-state index in [0.29, 0.717) is 12.4 Å². The maximum atomic E-state index is 10.9. The third-order valence-electron chi connectivity index (χ3n) is 5.62. The van der Waals surface area contributed by atoms with Crippen molar-refractivity contribution in [2.45, 2.75) is 19.1 Å². The van der Waals surface area contributed by atoms with Crippen molar-refractivity contribution in [1.29, 1.82) is 0 Å². The number of ether oxygens (including phenoxy) is 3. The predicted molar refractivity (Wildman–Crippen MR) is 124 cm³/mol. The summed E-state index contributed by atoms with van der Waals surface area (Å²) < 4.78 is 16.5. The summed E-state index contributed by atoms with van der Waals surface area (Å²) in [6, 6.07) is 21.4. The van der Waals surface area contributed by atoms with Crippen molar-refractivity contribution in [2.75, 3.05) is 20.8 Å². The minimum absolute atomic E-state index is 0.117. The van der Waals surface area contributed by atoms with Crippen molar-refractivity contribution in [3.63, 3.8) is 0 Å². The van der Waals surface area contributed by atoms with Crippen molar-refractivity contribution < 1.29 is 24.6 Å². The second-order valence-electron chi connectivity index (χ2n) is 7.52. The highest BCUT2D eigenvalue weighted by Crippen LogP contribution is 2.36. The van der Waals surface area contributed by atoms with E-state index in [4.69, 9.17) is 14.2 Å². The van der Waals surface area contributed by atoms with Crippen LogP contribution in [-0.2, 0) is 0 Å². The average Bonchev–Trinajstić information content (AvgIpc) is 2.85. The van der Waals surface area contributed by atoms with Crippen LogP contribution in [-0.4, -0.2) is 25.9 Å². The number of rotatable bonds is 7. The molecule has 0 saturated carbocycles. The van der Waals surface area contributed by atoms with Gasteiger partial charge in [0, 0.05) is 11.8 Å². The topological polar surface area (TPSA) is 76.6 Å². The highest BCUT2D eigenvalue weighted by atomic mass is 16.5. The lowest BCUT2D eigenvalue weighted by atomic mass is 9.97. The van der Waals surface area contributed by atoms with Crippen molar-refractivity contribution in [2.24, 2.45) is 0 Å². The molecule has 2 unspecified atom stereocenters. The first kappa shape index (κ1) is 21.6. The molecule has 0 fully saturated rings. The van der Waals surface area contributed by atoms with Crippen LogP contribution in [0.15, 0.2) is 72.8 Å². The minimum Gasteiger partial charge on any atom is -0.504 e. The molecular formula is C26H29N2O4+. The van der Waals surface area contributed by atoms with Gasteiger partial charge in [0.05, 0.1) is 32.0 Å². The van der Waals surface area contributed by atoms with Crippen molar-refractivity contribution in [3.8, 4) is 23.0 Å². The summed E-state index contributed by atoms with van der Waals surface area (Å²) >= 11 is 0. The Morgan fingerprint density at radius 2 is 1.59 bits per heavy atom. The molecule has 166 valence electrons. The van der Waals surface area contributed by atoms with E-state index in [1.54, 1.807) is 20.3 Å². The minimum atomic E-state index is -0.135. The monoisotopic (exact) mass is 433 g/mol. The SMILES string of the molecule is CCOc1cccc(C2C=C(c3ccc(OC)cc3)NC(c3ccccc3OC)[NH2+]2)c1O. The van der Waals surface area contributed by atoms with Gasteiger partial charge in [0.2, 0.25) is 0 Å². The van der Waals surface area contributed by atoms with Gasteiger partial charge in [-0.15, -0.1) is 0 Å². The summed E-state index contributed by atoms with van der Waals surface area (Å²) in [6.07, 6.45) is 2.01. The molecule has 1 heterocycles. The Balaban J connectivity index is 1.78. The lowest BCUT2D eigenvalue weighted by Crippen LogP contribution is -2.89. The van der Waals surface area contributed by atoms with E-state index in [0.717, 1.165) is 33.9 Å². The first-order valence-corrected chi connectivity index (χ1v) is 10.7. The Morgan fingerprint density at radius 1 is 0.875 bits per heavy atom. The highest BCUT2D eigenvalue weighted by molar-refractivity contribution is 5.67. The zero-order valence-corrected chi connectivity index (χ0v) is 18.5. The molecule has 4 rings (SSSR count). The number of nitrogens with one attached hydrogen (secondary N) is 1. The van der Waals surface area contributed by atoms with Crippen molar-refractivity contribution in [3.05, 3.63) is 89.5 Å². The molecular weight excluding hydrogens is 404 g/mol. The van der Waals surface area contributed by atoms with Gasteiger partial charge in [0.25, 0.3) is 0 Å². The van der Waals surface area contributed by atoms with Gasteiger partial charge in [-0.1, -0.05) is 18.2 Å². The Hall–Kier alpha value is -3.64. The third-order valence-corrected chi connectivity index (χ3v) is 5.62. The molecule has 6 heteroatoms. The van der Waals surface area contributed by atoms with Crippen LogP contribution in [0.25, 0.3) is 5.70 Å². The number of nitrogens with two attached hydrogens (primary N) is 1. The molecule has 6 nitrogen and oxygen atoms in total. The number of benzene rings is 3. The van der Waals surface area contributed by atoms with Crippen LogP contribution in [0.1, 0.15) is 35.8 Å². The van der Waals surface area contributed by atoms with Crippen LogP contribution in [0.4, 0.5) is 0 Å². The lowest BCUT2D eigenvalue weighted by molar-refractivity contribution is -0.731. The van der Waals surface area contributed by atoms with Crippen LogP contribution >= 0.6 is 0 Å². The number of methoxy groups -OCH3 is 2. The quantitative estimate of drug-likeness (QED) is 0.529. The van der Waals surface area contributed by atoms with Gasteiger partial charge in [-0.2, -0.15) is 0 Å². The zero-order valence-electron chi connectivity index (χ0n) is 18.5. The fourth-order valence-electron chi connectivity index (χ4n) is 4.03. The number of phenols is 1. The first-order chi connectivity index (χ1) is 15.6. The van der Waals surface area contributed by atoms with Crippen molar-refractivity contribution >= 4 is 5.70 Å². The Morgan fingerprint density at radius 3 is 2.31 bits per heavy atom. The van der Waals surface area contributed by atoms with Gasteiger partial charge >= 0.3 is 0 Å². The molecule has 0 radical (unpaired) electrons. The first-order valence-electron chi connectivity index (χ1n) is 10.7. The van der Waals surface area contributed by atoms with E-state index in [2.05, 4.69) is 22.8 Å². The average molecular weight is 434 g/mol. The van der Waals surface area contributed by atoms with Crippen LogP contribution in [0.3, 0.4) is 0 Å². The number of hydrogen-bond acceptors (Lipinski definition) is 5. The highest BCUT2D eigenvalue weighted by Gasteiger charge is 2.31. The second-order valence-corrected chi connectivity index (χ2v) is 7.52. The summed E-state index contributed by atoms with van der Waals surface area (Å²) in [4.78, 5) is 0. The number of phenolic OH excluding ortho intramolecular Hbond substituents is 1. The lowest BCUT2D eigenvalue weighted by Gasteiger charge is -2.31. The van der Waals surface area contributed by atoms with E-state index < -0.39 is 0 Å². The molecule has 0 saturated heterocycles. The third kappa shape index (κ3) is 4.36. The van der Waals surface area contributed by atoms with Crippen LogP contribution in [0, 0.1) is 0 Å². The second kappa shape index (κ2) is 9.66. The van der Waals surface area contributed by atoms with Gasteiger partial charge in [-0.25, -0.2) is 0 Å². The predicted octanol–water partition coefficient (Wildman–Crippen LogP) is 3.76. The summed E-state index contributed by atoms with van der Waals surface area (Å²) in [5.74, 6) is 2.27. The largest absolute Gasteiger partial charge is 0.504 e. The summed E-state index contributed by atoms with van der Waals surface area (Å²) in [6.45, 7) is 2.39. The molecule has 1 aliphatic rings. The molecule has 3 aromatic rings. The molecule has 0 bridgehead atoms. The van der Waals surface area contributed by atoms with Gasteiger partial charge in [0.1, 0.15) is 17.5 Å². The smallest absolute Gasteiger partial charge is 0.190 e. The van der Waals surface area contributed by atoms with Crippen LogP contribution in [0.5, 0.6) is 23.0 Å². The molecule has 4 N–H and O–H groups in total. The molecule has 0 spiro atoms. The summed E-state index contributed by atoms with van der Waals surface area (Å²) in [7, 11) is 3.33. The van der Waals surface area contributed by atoms with Crippen molar-refractivity contribution in [1.82, 2.24) is 5.32 Å². The molecule has 32 heavy (non-hydrogen) atoms. The number of aromatic hydroxyl groups is 1. The van der Waals surface area contributed by atoms with E-state index in [1.165, 1.54) is 0 Å². The van der Waals surface area contributed by atoms with E-state index in [1.807, 2.05) is 61.5 Å². The number of quaternary nitrogens is 1. The maximum Gasteiger partial charge on any atom is 0.190 e. The Labute approximate surface area is 188 Å². The fraction of sp³-hybridized carbons (Fsp3) is 0.231. The Bertz CT molecular complexity index is 1100. The fourth-order valence-corrected chi connectivity index (χ4v) is 4.03. The van der Waals surface area contributed by atoms with Gasteiger partial charge < -0.3 is 30.0 Å². The van der Waals surface area contributed by atoms with Gasteiger partial charge in [0.15, 0.2) is 17.7 Å². The van der Waals surface area contributed by atoms with Gasteiger partial charge in [-0.05, 0) is 61.0 Å². The molecule has 3 aromatic carbocycles. The normalized spacial score (nSPS) is 17.8. The number of para-hydroxylation sites is 2. The molecule has 0 aliphatic carbocycles. The summed E-state index contributed by atoms with van der Waals surface area (Å²) in [5.41, 5.74) is 3.82. The standard InChI is InChI=1S/C26H28N2O4/c1-4-32-24-11-7-9-19(25(24)29)22-16-21(17-12-14-18(30-2)15-13-17)27-26(28-22)20-8-5-6-10-23(20)31-3/h5-16,22,26-29H,4H2,1-3H3/p+1. The molecule has 0 aromatic heterocycles. The maximum absolute atomic E-state index is 10.9. The van der Waals surface area contributed by atoms with E-state index in [-0.39, 0.29) is 18.0 Å². The van der Waals surface area contributed by atoms with E-state index >= 15 is 0 Å². The van der Waals surface area contributed by atoms with Crippen LogP contribution < -0.4 is 24.8 Å². The molecule has 0 amide bonds. The number of hydrogen-bond donors (Lipinski definition) is 3. The molecule has 1 aliphatic heterocycles. The summed E-state index contributed by atoms with van der Waals surface area (Å²) in [5, 5.41) is 16.7. The van der Waals surface area contributed by atoms with Gasteiger partial charge in [-0.3, -0.25) is 0 Å². The molecule has 2 atom stereocenters. The van der Waals surface area contributed by atoms with E-state index in [9.17, 15) is 5.11 Å². The zero-order chi connectivity index (χ0) is 22.5.